The zero-order valence-electron chi connectivity index (χ0n) is 21.6. The summed E-state index contributed by atoms with van der Waals surface area (Å²) in [5, 5.41) is 3.01. The van der Waals surface area contributed by atoms with Crippen molar-refractivity contribution in [3.63, 3.8) is 0 Å². The van der Waals surface area contributed by atoms with E-state index in [9.17, 15) is 4.79 Å². The Morgan fingerprint density at radius 2 is 0.714 bits per heavy atom. The second kappa shape index (κ2) is 31.1. The Morgan fingerprint density at radius 1 is 0.457 bits per heavy atom. The molecule has 35 heavy (non-hydrogen) atoms. The molecule has 0 saturated heterocycles. The Labute approximate surface area is 210 Å². The van der Waals surface area contributed by atoms with Crippen LogP contribution in [0.5, 0.6) is 0 Å². The maximum atomic E-state index is 10.9. The van der Waals surface area contributed by atoms with E-state index >= 15 is 0 Å². The lowest BCUT2D eigenvalue weighted by Gasteiger charge is -2.09. The topological polar surface area (TPSA) is 121 Å². The lowest BCUT2D eigenvalue weighted by Crippen LogP contribution is -2.17. The van der Waals surface area contributed by atoms with Gasteiger partial charge in [0, 0.05) is 6.54 Å². The van der Waals surface area contributed by atoms with Gasteiger partial charge in [-0.3, -0.25) is 4.79 Å². The highest BCUT2D eigenvalue weighted by Crippen LogP contribution is 1.88. The van der Waals surface area contributed by atoms with Gasteiger partial charge in [-0.25, -0.2) is 0 Å². The molecule has 0 rings (SSSR count). The molecule has 0 atom stereocenters. The summed E-state index contributed by atoms with van der Waals surface area (Å²) in [6.45, 7) is 10.1. The first-order valence-electron chi connectivity index (χ1n) is 12.2. The largest absolute Gasteiger partial charge is 0.469 e. The van der Waals surface area contributed by atoms with Gasteiger partial charge in [0.25, 0.3) is 0 Å². The standard InChI is InChI=1S/C23H47NO11/c1-24-4-6-28-8-10-30-12-14-32-16-18-34-20-22-35-21-19-33-17-15-31-13-11-29-9-7-27-5-3-23(25)26-2/h24H,3-22H2,1-2H3. The molecular formula is C23H47NO11. The predicted molar refractivity (Wildman–Crippen MR) is 128 cm³/mol. The fraction of sp³-hybridized carbons (Fsp3) is 0.957. The highest BCUT2D eigenvalue weighted by molar-refractivity contribution is 5.69. The van der Waals surface area contributed by atoms with Gasteiger partial charge < -0.3 is 52.7 Å². The van der Waals surface area contributed by atoms with Gasteiger partial charge in [0.05, 0.1) is 132 Å². The van der Waals surface area contributed by atoms with Crippen LogP contribution in [0.4, 0.5) is 0 Å². The smallest absolute Gasteiger partial charge is 0.307 e. The number of esters is 1. The predicted octanol–water partition coefficient (Wildman–Crippen LogP) is -0.0817. The van der Waals surface area contributed by atoms with Crippen LogP contribution in [-0.4, -0.2) is 146 Å². The Morgan fingerprint density at radius 3 is 0.971 bits per heavy atom. The normalized spacial score (nSPS) is 11.3. The van der Waals surface area contributed by atoms with Gasteiger partial charge in [-0.1, -0.05) is 0 Å². The van der Waals surface area contributed by atoms with Crippen LogP contribution in [0.3, 0.4) is 0 Å². The third-order valence-corrected chi connectivity index (χ3v) is 4.15. The van der Waals surface area contributed by atoms with Crippen LogP contribution in [0.1, 0.15) is 6.42 Å². The Kier molecular flexibility index (Phi) is 30.3. The summed E-state index contributed by atoms with van der Waals surface area (Å²) in [4.78, 5) is 10.9. The fourth-order valence-corrected chi connectivity index (χ4v) is 2.29. The number of likely N-dealkylation sites (N-methyl/N-ethyl adjacent to an activating group) is 1. The van der Waals surface area contributed by atoms with Crippen LogP contribution in [-0.2, 0) is 52.2 Å². The Balaban J connectivity index is 3.02. The minimum atomic E-state index is -0.282. The first-order valence-corrected chi connectivity index (χ1v) is 12.2. The SMILES string of the molecule is CNCCOCCOCCOCCOCCOCCOCCOCCOCCOCCC(=O)OC. The van der Waals surface area contributed by atoms with Crippen LogP contribution >= 0.6 is 0 Å². The lowest BCUT2D eigenvalue weighted by molar-refractivity contribution is -0.141. The lowest BCUT2D eigenvalue weighted by atomic mass is 10.5. The van der Waals surface area contributed by atoms with E-state index < -0.39 is 0 Å². The summed E-state index contributed by atoms with van der Waals surface area (Å²) in [5.41, 5.74) is 0. The fourth-order valence-electron chi connectivity index (χ4n) is 2.29. The van der Waals surface area contributed by atoms with Crippen molar-refractivity contribution in [3.8, 4) is 0 Å². The number of ether oxygens (including phenoxy) is 10. The molecule has 0 saturated carbocycles. The maximum absolute atomic E-state index is 10.9. The highest BCUT2D eigenvalue weighted by Gasteiger charge is 1.99. The van der Waals surface area contributed by atoms with E-state index in [1.54, 1.807) is 0 Å². The zero-order chi connectivity index (χ0) is 25.5. The van der Waals surface area contributed by atoms with Crippen LogP contribution in [0.2, 0.25) is 0 Å². The van der Waals surface area contributed by atoms with Gasteiger partial charge >= 0.3 is 5.97 Å². The molecule has 0 unspecified atom stereocenters. The van der Waals surface area contributed by atoms with Gasteiger partial charge in [-0.2, -0.15) is 0 Å². The van der Waals surface area contributed by atoms with Crippen LogP contribution in [0.15, 0.2) is 0 Å². The minimum absolute atomic E-state index is 0.250. The second-order valence-electron chi connectivity index (χ2n) is 6.94. The monoisotopic (exact) mass is 513 g/mol. The molecule has 12 nitrogen and oxygen atoms in total. The molecular weight excluding hydrogens is 466 g/mol. The van der Waals surface area contributed by atoms with Crippen molar-refractivity contribution in [1.82, 2.24) is 5.32 Å². The summed E-state index contributed by atoms with van der Waals surface area (Å²) in [6.07, 6.45) is 0.250. The number of methoxy groups -OCH3 is 1. The van der Waals surface area contributed by atoms with Crippen LogP contribution < -0.4 is 5.32 Å². The number of hydrogen-bond acceptors (Lipinski definition) is 12. The second-order valence-corrected chi connectivity index (χ2v) is 6.94. The number of nitrogens with one attached hydrogen (secondary N) is 1. The number of rotatable bonds is 30. The van der Waals surface area contributed by atoms with Crippen molar-refractivity contribution in [1.29, 1.82) is 0 Å². The maximum Gasteiger partial charge on any atom is 0.307 e. The van der Waals surface area contributed by atoms with Crippen molar-refractivity contribution in [2.45, 2.75) is 6.42 Å². The van der Waals surface area contributed by atoms with Crippen molar-refractivity contribution >= 4 is 5.97 Å². The quantitative estimate of drug-likeness (QED) is 0.102. The molecule has 0 amide bonds. The van der Waals surface area contributed by atoms with E-state index in [0.29, 0.717) is 119 Å². The van der Waals surface area contributed by atoms with Gasteiger partial charge in [0.2, 0.25) is 0 Å². The summed E-state index contributed by atoms with van der Waals surface area (Å²) in [7, 11) is 3.25. The van der Waals surface area contributed by atoms with Crippen LogP contribution in [0.25, 0.3) is 0 Å². The molecule has 210 valence electrons. The number of hydrogen-bond donors (Lipinski definition) is 1. The van der Waals surface area contributed by atoms with Crippen molar-refractivity contribution < 1.29 is 52.2 Å². The molecule has 0 bridgehead atoms. The number of carbonyl (C=O) groups excluding carboxylic acids is 1. The van der Waals surface area contributed by atoms with Gasteiger partial charge in [-0.05, 0) is 7.05 Å². The third-order valence-electron chi connectivity index (χ3n) is 4.15. The van der Waals surface area contributed by atoms with E-state index in [4.69, 9.17) is 42.6 Å². The summed E-state index contributed by atoms with van der Waals surface area (Å²) in [5.74, 6) is -0.282. The van der Waals surface area contributed by atoms with E-state index in [-0.39, 0.29) is 12.4 Å². The number of carbonyl (C=O) groups is 1. The summed E-state index contributed by atoms with van der Waals surface area (Å²) in [6, 6.07) is 0. The first-order chi connectivity index (χ1) is 17.3. The minimum Gasteiger partial charge on any atom is -0.469 e. The summed E-state index contributed by atoms with van der Waals surface area (Å²) >= 11 is 0. The molecule has 0 aliphatic carbocycles. The first kappa shape index (κ1) is 34.1. The molecule has 0 radical (unpaired) electrons. The Hall–Kier alpha value is -0.930. The average molecular weight is 514 g/mol. The summed E-state index contributed by atoms with van der Waals surface area (Å²) < 4.78 is 53.0. The van der Waals surface area contributed by atoms with E-state index in [1.807, 2.05) is 7.05 Å². The van der Waals surface area contributed by atoms with Crippen LogP contribution in [0, 0.1) is 0 Å². The Bertz CT molecular complexity index is 419. The van der Waals surface area contributed by atoms with Crippen molar-refractivity contribution in [2.75, 3.05) is 140 Å². The van der Waals surface area contributed by atoms with Crippen molar-refractivity contribution in [2.24, 2.45) is 0 Å². The molecule has 0 spiro atoms. The van der Waals surface area contributed by atoms with Crippen molar-refractivity contribution in [3.05, 3.63) is 0 Å². The van der Waals surface area contributed by atoms with Gasteiger partial charge in [0.1, 0.15) is 0 Å². The molecule has 0 heterocycles. The van der Waals surface area contributed by atoms with Gasteiger partial charge in [-0.15, -0.1) is 0 Å². The molecule has 0 aliphatic heterocycles. The molecule has 12 heteroatoms. The highest BCUT2D eigenvalue weighted by atomic mass is 16.6. The molecule has 0 aromatic carbocycles. The molecule has 0 aromatic heterocycles. The van der Waals surface area contributed by atoms with E-state index in [2.05, 4.69) is 10.1 Å². The van der Waals surface area contributed by atoms with E-state index in [0.717, 1.165) is 6.54 Å². The van der Waals surface area contributed by atoms with Gasteiger partial charge in [0.15, 0.2) is 0 Å². The zero-order valence-corrected chi connectivity index (χ0v) is 21.6. The molecule has 0 fully saturated rings. The molecule has 0 aliphatic rings. The third kappa shape index (κ3) is 31.0. The van der Waals surface area contributed by atoms with E-state index in [1.165, 1.54) is 7.11 Å². The molecule has 0 aromatic rings. The molecule has 1 N–H and O–H groups in total. The average Bonchev–Trinajstić information content (AvgIpc) is 2.87.